The van der Waals surface area contributed by atoms with Gasteiger partial charge < -0.3 is 5.32 Å². The summed E-state index contributed by atoms with van der Waals surface area (Å²) in [5.41, 5.74) is 6.34. The van der Waals surface area contributed by atoms with Crippen LogP contribution in [-0.2, 0) is 19.9 Å². The molecule has 3 heterocycles. The molecule has 3 aromatic heterocycles. The molecule has 0 aliphatic heterocycles. The van der Waals surface area contributed by atoms with Crippen LogP contribution in [0.25, 0.3) is 22.4 Å². The minimum atomic E-state index is -0.464. The number of aryl methyl sites for hydroxylation is 2. The van der Waals surface area contributed by atoms with E-state index in [0.717, 1.165) is 46.5 Å². The van der Waals surface area contributed by atoms with Crippen LogP contribution in [0.15, 0.2) is 49.1 Å². The number of halogens is 2. The van der Waals surface area contributed by atoms with Crippen LogP contribution in [0.2, 0.25) is 5.02 Å². The lowest BCUT2D eigenvalue weighted by molar-refractivity contribution is 0.628. The molecule has 0 aliphatic carbocycles. The summed E-state index contributed by atoms with van der Waals surface area (Å²) in [7, 11) is 1.89. The minimum absolute atomic E-state index is 0.0922. The van der Waals surface area contributed by atoms with E-state index < -0.39 is 5.82 Å². The summed E-state index contributed by atoms with van der Waals surface area (Å²) in [5.74, 6) is 0.0303. The van der Waals surface area contributed by atoms with Crippen molar-refractivity contribution < 1.29 is 4.39 Å². The number of rotatable bonds is 7. The monoisotopic (exact) mass is 464 g/mol. The summed E-state index contributed by atoms with van der Waals surface area (Å²) < 4.78 is 16.0. The van der Waals surface area contributed by atoms with Crippen LogP contribution in [-0.4, -0.2) is 24.7 Å². The van der Waals surface area contributed by atoms with Crippen LogP contribution < -0.4 is 5.32 Å². The summed E-state index contributed by atoms with van der Waals surface area (Å²) in [6.45, 7) is 6.15. The van der Waals surface area contributed by atoms with E-state index in [4.69, 9.17) is 21.6 Å². The molecular formula is C25H26ClFN6. The van der Waals surface area contributed by atoms with Gasteiger partial charge >= 0.3 is 0 Å². The Kier molecular flexibility index (Phi) is 6.70. The van der Waals surface area contributed by atoms with Gasteiger partial charge in [0.05, 0.1) is 23.0 Å². The Morgan fingerprint density at radius 2 is 1.85 bits per heavy atom. The average molecular weight is 465 g/mol. The molecule has 0 spiro atoms. The second-order valence-electron chi connectivity index (χ2n) is 7.93. The molecule has 0 bridgehead atoms. The number of benzene rings is 1. The minimum Gasteiger partial charge on any atom is -0.348 e. The molecular weight excluding hydrogens is 439 g/mol. The molecule has 1 aromatic carbocycles. The Morgan fingerprint density at radius 3 is 2.52 bits per heavy atom. The van der Waals surface area contributed by atoms with E-state index in [9.17, 15) is 4.39 Å². The maximum Gasteiger partial charge on any atom is 0.223 e. The quantitative estimate of drug-likeness (QED) is 0.361. The van der Waals surface area contributed by atoms with Gasteiger partial charge in [0, 0.05) is 48.0 Å². The molecule has 8 heteroatoms. The molecule has 0 radical (unpaired) electrons. The van der Waals surface area contributed by atoms with E-state index in [1.807, 2.05) is 38.8 Å². The Hall–Kier alpha value is -3.32. The van der Waals surface area contributed by atoms with Gasteiger partial charge in [0.1, 0.15) is 5.82 Å². The maximum atomic E-state index is 14.2. The zero-order valence-corrected chi connectivity index (χ0v) is 19.9. The van der Waals surface area contributed by atoms with Crippen LogP contribution in [0.4, 0.5) is 10.3 Å². The van der Waals surface area contributed by atoms with Gasteiger partial charge in [-0.2, -0.15) is 5.10 Å². The number of pyridine rings is 1. The number of anilines is 1. The van der Waals surface area contributed by atoms with Crippen molar-refractivity contribution in [3.05, 3.63) is 76.7 Å². The lowest BCUT2D eigenvalue weighted by Crippen LogP contribution is -2.13. The number of nitrogens with zero attached hydrogens (tertiary/aromatic N) is 5. The number of aromatic nitrogens is 5. The molecule has 0 saturated heterocycles. The fraction of sp³-hybridized carbons (Fsp3) is 0.280. The van der Waals surface area contributed by atoms with Crippen molar-refractivity contribution in [2.75, 3.05) is 5.32 Å². The van der Waals surface area contributed by atoms with E-state index in [1.54, 1.807) is 16.8 Å². The molecule has 170 valence electrons. The molecule has 4 aromatic rings. The first kappa shape index (κ1) is 22.9. The Labute approximate surface area is 197 Å². The smallest absolute Gasteiger partial charge is 0.223 e. The maximum absolute atomic E-state index is 14.2. The van der Waals surface area contributed by atoms with Crippen LogP contribution >= 0.6 is 11.6 Å². The third-order valence-electron chi connectivity index (χ3n) is 5.62. The first-order valence-corrected chi connectivity index (χ1v) is 11.3. The van der Waals surface area contributed by atoms with E-state index >= 15 is 0 Å². The number of nitrogens with one attached hydrogen (secondary N) is 1. The average Bonchev–Trinajstić information content (AvgIpc) is 3.26. The van der Waals surface area contributed by atoms with E-state index in [2.05, 4.69) is 35.3 Å². The highest BCUT2D eigenvalue weighted by molar-refractivity contribution is 6.30. The number of hydrogen-bond acceptors (Lipinski definition) is 5. The molecule has 1 atom stereocenters. The lowest BCUT2D eigenvalue weighted by atomic mass is 10.0. The van der Waals surface area contributed by atoms with Crippen molar-refractivity contribution in [1.82, 2.24) is 24.7 Å². The van der Waals surface area contributed by atoms with Crippen molar-refractivity contribution in [3.8, 4) is 22.4 Å². The van der Waals surface area contributed by atoms with Gasteiger partial charge in [-0.3, -0.25) is 9.67 Å². The first-order valence-electron chi connectivity index (χ1n) is 10.9. The summed E-state index contributed by atoms with van der Waals surface area (Å²) >= 11 is 5.90. The van der Waals surface area contributed by atoms with Gasteiger partial charge in [0.25, 0.3) is 0 Å². The zero-order valence-electron chi connectivity index (χ0n) is 19.1. The Bertz CT molecular complexity index is 1290. The van der Waals surface area contributed by atoms with Gasteiger partial charge in [-0.25, -0.2) is 14.4 Å². The fourth-order valence-corrected chi connectivity index (χ4v) is 3.96. The van der Waals surface area contributed by atoms with Gasteiger partial charge in [-0.15, -0.1) is 0 Å². The van der Waals surface area contributed by atoms with Crippen molar-refractivity contribution >= 4 is 17.5 Å². The van der Waals surface area contributed by atoms with Gasteiger partial charge in [-0.05, 0) is 49.1 Å². The van der Waals surface area contributed by atoms with Crippen LogP contribution in [0.1, 0.15) is 43.6 Å². The van der Waals surface area contributed by atoms with Crippen LogP contribution in [0.3, 0.4) is 0 Å². The predicted molar refractivity (Wildman–Crippen MR) is 130 cm³/mol. The summed E-state index contributed by atoms with van der Waals surface area (Å²) in [6.07, 6.45) is 8.91. The largest absolute Gasteiger partial charge is 0.348 e. The third kappa shape index (κ3) is 4.88. The molecule has 6 nitrogen and oxygen atoms in total. The zero-order chi connectivity index (χ0) is 23.5. The molecule has 0 amide bonds. The van der Waals surface area contributed by atoms with E-state index in [0.29, 0.717) is 11.5 Å². The van der Waals surface area contributed by atoms with Crippen LogP contribution in [0.5, 0.6) is 0 Å². The SMILES string of the molecule is CCc1nc(NC(C)c2cncc(-c3cnn(C)c3)c2)nc(-c2ccc(Cl)c(F)c2)c1CC. The van der Waals surface area contributed by atoms with Crippen molar-refractivity contribution in [2.24, 2.45) is 7.05 Å². The molecule has 4 rings (SSSR count). The lowest BCUT2D eigenvalue weighted by Gasteiger charge is -2.18. The standard InChI is InChI=1S/C25H26ClFN6/c1-5-20-23(6-2)31-25(32-24(20)16-7-8-21(26)22(27)10-16)30-15(3)17-9-18(12-28-11-17)19-13-29-33(4)14-19/h7-15H,5-6H2,1-4H3,(H,30,31,32). The van der Waals surface area contributed by atoms with E-state index in [-0.39, 0.29) is 11.1 Å². The summed E-state index contributed by atoms with van der Waals surface area (Å²) in [4.78, 5) is 13.9. The molecule has 1 N–H and O–H groups in total. The second kappa shape index (κ2) is 9.67. The van der Waals surface area contributed by atoms with E-state index in [1.165, 1.54) is 6.07 Å². The van der Waals surface area contributed by atoms with Gasteiger partial charge in [0.15, 0.2) is 0 Å². The van der Waals surface area contributed by atoms with Gasteiger partial charge in [0.2, 0.25) is 5.95 Å². The topological polar surface area (TPSA) is 68.5 Å². The van der Waals surface area contributed by atoms with Crippen molar-refractivity contribution in [2.45, 2.75) is 39.7 Å². The van der Waals surface area contributed by atoms with Gasteiger partial charge in [-0.1, -0.05) is 31.5 Å². The molecule has 1 unspecified atom stereocenters. The second-order valence-corrected chi connectivity index (χ2v) is 8.34. The fourth-order valence-electron chi connectivity index (χ4n) is 3.84. The molecule has 0 saturated carbocycles. The summed E-state index contributed by atoms with van der Waals surface area (Å²) in [5, 5.41) is 7.73. The van der Waals surface area contributed by atoms with Crippen molar-refractivity contribution in [1.29, 1.82) is 0 Å². The Balaban J connectivity index is 1.68. The third-order valence-corrected chi connectivity index (χ3v) is 5.92. The molecule has 33 heavy (non-hydrogen) atoms. The highest BCUT2D eigenvalue weighted by Gasteiger charge is 2.17. The summed E-state index contributed by atoms with van der Waals surface area (Å²) in [6, 6.07) is 6.77. The normalized spacial score (nSPS) is 12.1. The highest BCUT2D eigenvalue weighted by atomic mass is 35.5. The first-order chi connectivity index (χ1) is 15.9. The number of hydrogen-bond donors (Lipinski definition) is 1. The predicted octanol–water partition coefficient (Wildman–Crippen LogP) is 6.03. The molecule has 0 fully saturated rings. The Morgan fingerprint density at radius 1 is 1.03 bits per heavy atom. The highest BCUT2D eigenvalue weighted by Crippen LogP contribution is 2.30. The van der Waals surface area contributed by atoms with Crippen LogP contribution in [0, 0.1) is 5.82 Å². The molecule has 0 aliphatic rings. The van der Waals surface area contributed by atoms with Crippen molar-refractivity contribution in [3.63, 3.8) is 0 Å².